The summed E-state index contributed by atoms with van der Waals surface area (Å²) in [5, 5.41) is 18.6. The van der Waals surface area contributed by atoms with Crippen LogP contribution in [0.5, 0.6) is 0 Å². The molecule has 1 aromatic heterocycles. The van der Waals surface area contributed by atoms with E-state index in [0.29, 0.717) is 0 Å². The molecule has 4 rings (SSSR count). The van der Waals surface area contributed by atoms with E-state index in [1.807, 2.05) is 24.3 Å². The average Bonchev–Trinajstić information content (AvgIpc) is 2.93. The number of aromatic nitrogens is 2. The van der Waals surface area contributed by atoms with Crippen LogP contribution in [-0.4, -0.2) is 66.1 Å². The molecule has 3 aromatic rings. The van der Waals surface area contributed by atoms with E-state index in [1.54, 1.807) is 12.4 Å². The highest BCUT2D eigenvalue weighted by atomic mass is 35.5. The highest BCUT2D eigenvalue weighted by molar-refractivity contribution is 6.30. The van der Waals surface area contributed by atoms with Crippen LogP contribution in [0.1, 0.15) is 30.1 Å². The van der Waals surface area contributed by atoms with E-state index in [0.717, 1.165) is 68.7 Å². The lowest BCUT2D eigenvalue weighted by Gasteiger charge is -2.34. The fourth-order valence-electron chi connectivity index (χ4n) is 3.91. The Kier molecular flexibility index (Phi) is 11.3. The van der Waals surface area contributed by atoms with E-state index >= 15 is 0 Å². The van der Waals surface area contributed by atoms with Crippen molar-refractivity contribution in [2.75, 3.05) is 44.2 Å². The Morgan fingerprint density at radius 1 is 0.838 bits per heavy atom. The molecule has 0 spiro atoms. The Bertz CT molecular complexity index is 1080. The number of nitrogens with zero attached hydrogens (tertiary/aromatic N) is 4. The summed E-state index contributed by atoms with van der Waals surface area (Å²) in [4.78, 5) is 31.3. The monoisotopic (exact) mass is 524 g/mol. The van der Waals surface area contributed by atoms with Gasteiger partial charge >= 0.3 is 0 Å². The van der Waals surface area contributed by atoms with Crippen LogP contribution in [-0.2, 0) is 14.3 Å². The normalized spacial score (nSPS) is 14.4. The fourth-order valence-corrected chi connectivity index (χ4v) is 4.04. The molecule has 2 aromatic carbocycles. The van der Waals surface area contributed by atoms with Crippen LogP contribution < -0.4 is 15.1 Å². The fraction of sp³-hybridized carbons (Fsp3) is 0.333. The Balaban J connectivity index is 0.000000568. The molecule has 1 fully saturated rings. The van der Waals surface area contributed by atoms with E-state index in [4.69, 9.17) is 36.1 Å². The smallest absolute Gasteiger partial charge is 0.225 e. The van der Waals surface area contributed by atoms with Gasteiger partial charge in [-0.3, -0.25) is 4.90 Å². The first-order valence-corrected chi connectivity index (χ1v) is 12.4. The Morgan fingerprint density at radius 2 is 1.43 bits per heavy atom. The maximum absolute atomic E-state index is 8.93. The summed E-state index contributed by atoms with van der Waals surface area (Å²) in [6.45, 7) is 5.90. The second-order valence-electron chi connectivity index (χ2n) is 8.37. The molecule has 10 heteroatoms. The minimum Gasteiger partial charge on any atom is -0.543 e. The van der Waals surface area contributed by atoms with Gasteiger partial charge in [-0.25, -0.2) is 9.97 Å². The molecule has 0 amide bonds. The first-order chi connectivity index (χ1) is 17.9. The van der Waals surface area contributed by atoms with Crippen molar-refractivity contribution >= 4 is 29.5 Å². The van der Waals surface area contributed by atoms with Gasteiger partial charge in [0.15, 0.2) is 0 Å². The van der Waals surface area contributed by atoms with Crippen LogP contribution in [0.2, 0.25) is 5.02 Å². The average molecular weight is 525 g/mol. The molecule has 0 radical (unpaired) electrons. The summed E-state index contributed by atoms with van der Waals surface area (Å²) in [5.41, 5.74) is 2.30. The summed E-state index contributed by atoms with van der Waals surface area (Å²) in [6.07, 6.45) is 5.72. The highest BCUT2D eigenvalue weighted by Gasteiger charge is 2.18. The van der Waals surface area contributed by atoms with Crippen molar-refractivity contribution in [1.82, 2.24) is 14.9 Å². The number of piperazine rings is 1. The van der Waals surface area contributed by atoms with Crippen molar-refractivity contribution in [2.45, 2.75) is 18.9 Å². The van der Waals surface area contributed by atoms with E-state index < -0.39 is 11.9 Å². The van der Waals surface area contributed by atoms with Gasteiger partial charge in [-0.2, -0.15) is 0 Å². The van der Waals surface area contributed by atoms with Crippen molar-refractivity contribution in [1.29, 1.82) is 0 Å². The lowest BCUT2D eigenvalue weighted by molar-refractivity contribution is -0.345. The van der Waals surface area contributed by atoms with Crippen LogP contribution in [0.15, 0.2) is 73.1 Å². The molecule has 1 aliphatic heterocycles. The van der Waals surface area contributed by atoms with E-state index in [2.05, 4.69) is 56.2 Å². The lowest BCUT2D eigenvalue weighted by Crippen LogP contribution is -2.47. The third-order valence-corrected chi connectivity index (χ3v) is 6.05. The molecule has 37 heavy (non-hydrogen) atoms. The summed E-state index contributed by atoms with van der Waals surface area (Å²) < 4.78 is 6.33. The first kappa shape index (κ1) is 28.0. The van der Waals surface area contributed by atoms with Gasteiger partial charge in [-0.05, 0) is 48.7 Å². The standard InChI is InChI=1S/C25H29ClN4O.C2H2O4/c26-23-11-9-22(10-12-23)24(21-7-2-1-3-8-21)31-20-5-4-15-29-16-18-30(19-17-29)25-27-13-6-14-28-25;3-1(4)2(5)6/h1-3,6-14,24H,4-5,15-20H2;(H,3,4)(H,5,6)/p-2. The molecule has 2 heterocycles. The largest absolute Gasteiger partial charge is 0.543 e. The number of carbonyl (C=O) groups excluding carboxylic acids is 2. The number of unbranched alkanes of at least 4 members (excludes halogenated alkanes) is 1. The Hall–Kier alpha value is -3.53. The number of hydrogen-bond donors (Lipinski definition) is 0. The zero-order chi connectivity index (χ0) is 26.5. The number of rotatable bonds is 9. The number of carboxylic acid groups (broad SMARTS) is 2. The van der Waals surface area contributed by atoms with Gasteiger partial charge in [0.25, 0.3) is 0 Å². The van der Waals surface area contributed by atoms with E-state index in [9.17, 15) is 0 Å². The molecule has 9 nitrogen and oxygen atoms in total. The molecule has 0 saturated carbocycles. The second-order valence-corrected chi connectivity index (χ2v) is 8.81. The predicted octanol–water partition coefficient (Wildman–Crippen LogP) is 1.32. The van der Waals surface area contributed by atoms with Crippen molar-refractivity contribution in [3.8, 4) is 0 Å². The third kappa shape index (κ3) is 9.45. The molecule has 0 aliphatic carbocycles. The van der Waals surface area contributed by atoms with Crippen molar-refractivity contribution < 1.29 is 24.5 Å². The minimum atomic E-state index is -2.19. The maximum Gasteiger partial charge on any atom is 0.225 e. The van der Waals surface area contributed by atoms with Crippen molar-refractivity contribution in [3.63, 3.8) is 0 Å². The number of hydrogen-bond acceptors (Lipinski definition) is 9. The van der Waals surface area contributed by atoms with E-state index in [-0.39, 0.29) is 6.10 Å². The number of carboxylic acids is 2. The SMILES string of the molecule is Clc1ccc(C(OCCCCN2CCN(c3ncccn3)CC2)c2ccccc2)cc1.O=C([O-])C(=O)[O-]. The molecule has 0 bridgehead atoms. The maximum atomic E-state index is 8.93. The third-order valence-electron chi connectivity index (χ3n) is 5.80. The molecular weight excluding hydrogens is 496 g/mol. The van der Waals surface area contributed by atoms with Gasteiger partial charge in [0.2, 0.25) is 5.95 Å². The summed E-state index contributed by atoms with van der Waals surface area (Å²) in [6, 6.07) is 20.2. The number of anilines is 1. The van der Waals surface area contributed by atoms with Crippen LogP contribution in [0.25, 0.3) is 0 Å². The number of benzene rings is 2. The first-order valence-electron chi connectivity index (χ1n) is 12.0. The topological polar surface area (TPSA) is 122 Å². The van der Waals surface area contributed by atoms with Crippen LogP contribution in [0.4, 0.5) is 5.95 Å². The van der Waals surface area contributed by atoms with Crippen molar-refractivity contribution in [3.05, 3.63) is 89.2 Å². The van der Waals surface area contributed by atoms with Gasteiger partial charge in [0.05, 0.1) is 11.9 Å². The Labute approximate surface area is 221 Å². The van der Waals surface area contributed by atoms with Gasteiger partial charge in [0, 0.05) is 50.2 Å². The Morgan fingerprint density at radius 3 is 2.03 bits per heavy atom. The minimum absolute atomic E-state index is 0.0621. The molecule has 196 valence electrons. The number of ether oxygens (including phenoxy) is 1. The predicted molar refractivity (Wildman–Crippen MR) is 136 cm³/mol. The zero-order valence-corrected chi connectivity index (χ0v) is 21.1. The molecule has 1 aliphatic rings. The number of aliphatic carboxylic acids is 2. The van der Waals surface area contributed by atoms with Gasteiger partial charge in [-0.1, -0.05) is 54.1 Å². The molecule has 1 atom stereocenters. The second kappa shape index (κ2) is 14.9. The quantitative estimate of drug-likeness (QED) is 0.301. The van der Waals surface area contributed by atoms with Gasteiger partial charge < -0.3 is 29.4 Å². The van der Waals surface area contributed by atoms with Gasteiger partial charge in [-0.15, -0.1) is 0 Å². The van der Waals surface area contributed by atoms with Crippen LogP contribution >= 0.6 is 11.6 Å². The molecule has 1 unspecified atom stereocenters. The summed E-state index contributed by atoms with van der Waals surface area (Å²) in [5.74, 6) is -3.53. The molecule has 0 N–H and O–H groups in total. The zero-order valence-electron chi connectivity index (χ0n) is 20.4. The van der Waals surface area contributed by atoms with Crippen LogP contribution in [0.3, 0.4) is 0 Å². The van der Waals surface area contributed by atoms with Crippen molar-refractivity contribution in [2.24, 2.45) is 0 Å². The summed E-state index contributed by atoms with van der Waals surface area (Å²) in [7, 11) is 0. The molecular formula is C27H29ClN4O5-2. The highest BCUT2D eigenvalue weighted by Crippen LogP contribution is 2.27. The number of halogens is 1. The molecule has 1 saturated heterocycles. The lowest BCUT2D eigenvalue weighted by atomic mass is 10.0. The summed E-state index contributed by atoms with van der Waals surface area (Å²) >= 11 is 6.07. The van der Waals surface area contributed by atoms with E-state index in [1.165, 1.54) is 5.56 Å². The van der Waals surface area contributed by atoms with Gasteiger partial charge in [0.1, 0.15) is 6.10 Å². The number of carbonyl (C=O) groups is 2. The van der Waals surface area contributed by atoms with Crippen LogP contribution in [0, 0.1) is 0 Å².